The number of hydrogen-bond acceptors (Lipinski definition) is 6. The first-order valence-electron chi connectivity index (χ1n) is 6.77. The summed E-state index contributed by atoms with van der Waals surface area (Å²) in [5.41, 5.74) is -0.283. The van der Waals surface area contributed by atoms with Gasteiger partial charge in [0, 0.05) is 25.7 Å². The summed E-state index contributed by atoms with van der Waals surface area (Å²) in [5, 5.41) is 13.7. The molecule has 0 aliphatic carbocycles. The highest BCUT2D eigenvalue weighted by molar-refractivity contribution is 7.91. The SMILES string of the molecule is CN(C)N(C(=O)c1ccc(Cl)c([N+](=O)[O-])c1)[C@@H]1CCS(=O)(=O)C1. The number of hydrogen-bond donors (Lipinski definition) is 0. The second-order valence-electron chi connectivity index (χ2n) is 5.48. The molecule has 0 bridgehead atoms. The number of nitrogens with zero attached hydrogens (tertiary/aromatic N) is 3. The minimum Gasteiger partial charge on any atom is -0.268 e. The molecule has 1 saturated heterocycles. The first kappa shape index (κ1) is 17.6. The van der Waals surface area contributed by atoms with E-state index >= 15 is 0 Å². The van der Waals surface area contributed by atoms with Crippen molar-refractivity contribution in [3.63, 3.8) is 0 Å². The molecule has 8 nitrogen and oxygen atoms in total. The number of nitro benzene ring substituents is 1. The third-order valence-corrected chi connectivity index (χ3v) is 5.65. The molecule has 0 N–H and O–H groups in total. The molecule has 0 saturated carbocycles. The lowest BCUT2D eigenvalue weighted by Gasteiger charge is -2.33. The van der Waals surface area contributed by atoms with E-state index in [0.29, 0.717) is 6.42 Å². The third kappa shape index (κ3) is 3.80. The van der Waals surface area contributed by atoms with Crippen LogP contribution in [0.15, 0.2) is 18.2 Å². The molecule has 126 valence electrons. The minimum absolute atomic E-state index is 0.0239. The summed E-state index contributed by atoms with van der Waals surface area (Å²) in [4.78, 5) is 23.0. The van der Waals surface area contributed by atoms with Crippen molar-refractivity contribution < 1.29 is 18.1 Å². The molecule has 1 amide bonds. The number of benzene rings is 1. The molecule has 10 heteroatoms. The molecule has 23 heavy (non-hydrogen) atoms. The van der Waals surface area contributed by atoms with Crippen LogP contribution in [0.2, 0.25) is 5.02 Å². The average molecular weight is 362 g/mol. The predicted octanol–water partition coefficient (Wildman–Crippen LogP) is 1.35. The molecule has 2 rings (SSSR count). The van der Waals surface area contributed by atoms with Crippen LogP contribution in [0.1, 0.15) is 16.8 Å². The lowest BCUT2D eigenvalue weighted by atomic mass is 10.1. The molecule has 1 aliphatic heterocycles. The van der Waals surface area contributed by atoms with Crippen LogP contribution in [0.3, 0.4) is 0 Å². The van der Waals surface area contributed by atoms with Crippen molar-refractivity contribution in [3.05, 3.63) is 38.9 Å². The Bertz CT molecular complexity index is 750. The van der Waals surface area contributed by atoms with E-state index in [1.807, 2.05) is 0 Å². The minimum atomic E-state index is -3.17. The van der Waals surface area contributed by atoms with Crippen molar-refractivity contribution in [1.29, 1.82) is 0 Å². The van der Waals surface area contributed by atoms with Gasteiger partial charge >= 0.3 is 0 Å². The van der Waals surface area contributed by atoms with Crippen molar-refractivity contribution in [1.82, 2.24) is 10.0 Å². The highest BCUT2D eigenvalue weighted by Gasteiger charge is 2.36. The maximum Gasteiger partial charge on any atom is 0.288 e. The largest absolute Gasteiger partial charge is 0.288 e. The van der Waals surface area contributed by atoms with Crippen molar-refractivity contribution in [2.45, 2.75) is 12.5 Å². The van der Waals surface area contributed by atoms with E-state index in [4.69, 9.17) is 11.6 Å². The number of rotatable bonds is 4. The molecule has 0 aromatic heterocycles. The Morgan fingerprint density at radius 2 is 2.04 bits per heavy atom. The summed E-state index contributed by atoms with van der Waals surface area (Å²) in [6.07, 6.45) is 0.335. The Morgan fingerprint density at radius 1 is 1.39 bits per heavy atom. The Balaban J connectivity index is 2.36. The first-order valence-corrected chi connectivity index (χ1v) is 8.97. The second-order valence-corrected chi connectivity index (χ2v) is 8.11. The van der Waals surface area contributed by atoms with Gasteiger partial charge in [-0.05, 0) is 18.6 Å². The maximum atomic E-state index is 12.7. The second kappa shape index (κ2) is 6.42. The van der Waals surface area contributed by atoms with E-state index in [1.54, 1.807) is 14.1 Å². The molecular formula is C13H16ClN3O5S. The molecule has 1 aromatic carbocycles. The lowest BCUT2D eigenvalue weighted by molar-refractivity contribution is -0.384. The van der Waals surface area contributed by atoms with Gasteiger partial charge in [0.1, 0.15) is 5.02 Å². The van der Waals surface area contributed by atoms with Gasteiger partial charge in [-0.15, -0.1) is 0 Å². The number of halogens is 1. The average Bonchev–Trinajstić information content (AvgIpc) is 2.78. The summed E-state index contributed by atoms with van der Waals surface area (Å²) < 4.78 is 23.3. The summed E-state index contributed by atoms with van der Waals surface area (Å²) in [6.45, 7) is 0. The quantitative estimate of drug-likeness (QED) is 0.592. The van der Waals surface area contributed by atoms with Gasteiger partial charge in [0.15, 0.2) is 9.84 Å². The molecule has 1 atom stereocenters. The van der Waals surface area contributed by atoms with Gasteiger partial charge in [-0.1, -0.05) is 11.6 Å². The number of amides is 1. The van der Waals surface area contributed by atoms with Gasteiger partial charge in [0.2, 0.25) is 0 Å². The number of carbonyl (C=O) groups is 1. The first-order chi connectivity index (χ1) is 10.6. The van der Waals surface area contributed by atoms with E-state index in [2.05, 4.69) is 0 Å². The summed E-state index contributed by atoms with van der Waals surface area (Å²) >= 11 is 5.75. The number of sulfone groups is 1. The van der Waals surface area contributed by atoms with Crippen molar-refractivity contribution in [2.75, 3.05) is 25.6 Å². The predicted molar refractivity (Wildman–Crippen MR) is 85.0 cm³/mol. The maximum absolute atomic E-state index is 12.7. The van der Waals surface area contributed by atoms with E-state index in [-0.39, 0.29) is 27.8 Å². The zero-order valence-corrected chi connectivity index (χ0v) is 14.2. The standard InChI is InChI=1S/C13H16ClN3O5S/c1-15(2)16(10-5-6-23(21,22)8-10)13(18)9-3-4-11(14)12(7-9)17(19)20/h3-4,7,10H,5-6,8H2,1-2H3/t10-/m1/s1. The third-order valence-electron chi connectivity index (χ3n) is 3.58. The number of hydrazine groups is 1. The smallest absolute Gasteiger partial charge is 0.268 e. The van der Waals surface area contributed by atoms with Crippen LogP contribution < -0.4 is 0 Å². The normalized spacial score (nSPS) is 19.7. The van der Waals surface area contributed by atoms with Crippen LogP contribution in [-0.2, 0) is 9.84 Å². The highest BCUT2D eigenvalue weighted by atomic mass is 35.5. The van der Waals surface area contributed by atoms with Crippen molar-refractivity contribution in [2.24, 2.45) is 0 Å². The number of carbonyl (C=O) groups excluding carboxylic acids is 1. The topological polar surface area (TPSA) is 101 Å². The van der Waals surface area contributed by atoms with Gasteiger partial charge in [0.05, 0.1) is 22.5 Å². The molecule has 1 aromatic rings. The van der Waals surface area contributed by atoms with Gasteiger partial charge < -0.3 is 0 Å². The molecule has 1 fully saturated rings. The summed E-state index contributed by atoms with van der Waals surface area (Å²) in [7, 11) is 0.0685. The molecule has 0 radical (unpaired) electrons. The van der Waals surface area contributed by atoms with E-state index < -0.39 is 26.7 Å². The van der Waals surface area contributed by atoms with Gasteiger partial charge in [-0.2, -0.15) is 0 Å². The Hall–Kier alpha value is -1.71. The lowest BCUT2D eigenvalue weighted by Crippen LogP contribution is -2.49. The van der Waals surface area contributed by atoms with E-state index in [1.165, 1.54) is 22.2 Å². The van der Waals surface area contributed by atoms with Crippen LogP contribution in [-0.4, -0.2) is 60.9 Å². The molecule has 0 unspecified atom stereocenters. The zero-order valence-electron chi connectivity index (χ0n) is 12.6. The summed E-state index contributed by atoms with van der Waals surface area (Å²) in [6, 6.07) is 3.28. The Labute approximate surface area is 138 Å². The number of nitro groups is 1. The van der Waals surface area contributed by atoms with Crippen LogP contribution in [0.4, 0.5) is 5.69 Å². The van der Waals surface area contributed by atoms with Crippen molar-refractivity contribution >= 4 is 33.0 Å². The van der Waals surface area contributed by atoms with Crippen LogP contribution in [0.5, 0.6) is 0 Å². The van der Waals surface area contributed by atoms with Gasteiger partial charge in [-0.3, -0.25) is 19.9 Å². The summed E-state index contributed by atoms with van der Waals surface area (Å²) in [5.74, 6) is -0.597. The monoisotopic (exact) mass is 361 g/mol. The van der Waals surface area contributed by atoms with E-state index in [9.17, 15) is 23.3 Å². The van der Waals surface area contributed by atoms with Gasteiger partial charge in [-0.25, -0.2) is 13.4 Å². The molecule has 0 spiro atoms. The Morgan fingerprint density at radius 3 is 2.52 bits per heavy atom. The molecule has 1 heterocycles. The molecule has 1 aliphatic rings. The van der Waals surface area contributed by atoms with Crippen LogP contribution in [0.25, 0.3) is 0 Å². The van der Waals surface area contributed by atoms with Crippen LogP contribution in [0, 0.1) is 10.1 Å². The molecular weight excluding hydrogens is 346 g/mol. The highest BCUT2D eigenvalue weighted by Crippen LogP contribution is 2.27. The van der Waals surface area contributed by atoms with E-state index in [0.717, 1.165) is 6.07 Å². The fourth-order valence-electron chi connectivity index (χ4n) is 2.56. The fraction of sp³-hybridized carbons (Fsp3) is 0.462. The zero-order chi connectivity index (χ0) is 17.4. The van der Waals surface area contributed by atoms with Crippen LogP contribution >= 0.6 is 11.6 Å². The fourth-order valence-corrected chi connectivity index (χ4v) is 4.44. The van der Waals surface area contributed by atoms with Crippen molar-refractivity contribution in [3.8, 4) is 0 Å². The van der Waals surface area contributed by atoms with Gasteiger partial charge in [0.25, 0.3) is 11.6 Å². The Kier molecular flexibility index (Phi) is 4.92.